The van der Waals surface area contributed by atoms with Gasteiger partial charge in [0.15, 0.2) is 5.78 Å². The van der Waals surface area contributed by atoms with E-state index in [2.05, 4.69) is 9.97 Å². The third-order valence-electron chi connectivity index (χ3n) is 2.48. The number of benzene rings is 1. The van der Waals surface area contributed by atoms with Crippen LogP contribution >= 0.6 is 0 Å². The Labute approximate surface area is 103 Å². The van der Waals surface area contributed by atoms with Gasteiger partial charge in [0.25, 0.3) is 0 Å². The average Bonchev–Trinajstić information content (AvgIpc) is 2.38. The number of carbonyl (C=O) groups is 1. The van der Waals surface area contributed by atoms with E-state index in [1.807, 2.05) is 0 Å². The monoisotopic (exact) mass is 246 g/mol. The molecule has 2 aromatic rings. The zero-order valence-corrected chi connectivity index (χ0v) is 9.98. The standard InChI is InChI=1S/C13H11FN2O2/c1-8(17)11-4-3-10(14)5-12(11)9-6-15-13(18-2)16-7-9/h3-7H,1-2H3. The van der Waals surface area contributed by atoms with Gasteiger partial charge in [-0.2, -0.15) is 0 Å². The van der Waals surface area contributed by atoms with Gasteiger partial charge < -0.3 is 4.74 Å². The maximum atomic E-state index is 13.3. The zero-order valence-electron chi connectivity index (χ0n) is 9.98. The predicted octanol–water partition coefficient (Wildman–Crippen LogP) is 2.49. The lowest BCUT2D eigenvalue weighted by atomic mass is 9.99. The number of rotatable bonds is 3. The average molecular weight is 246 g/mol. The predicted molar refractivity (Wildman–Crippen MR) is 64.0 cm³/mol. The summed E-state index contributed by atoms with van der Waals surface area (Å²) in [5.74, 6) is -0.549. The Balaban J connectivity index is 2.54. The van der Waals surface area contributed by atoms with Crippen LogP contribution < -0.4 is 4.74 Å². The van der Waals surface area contributed by atoms with Gasteiger partial charge in [0.05, 0.1) is 7.11 Å². The number of methoxy groups -OCH3 is 1. The summed E-state index contributed by atoms with van der Waals surface area (Å²) in [7, 11) is 1.46. The van der Waals surface area contributed by atoms with E-state index >= 15 is 0 Å². The first-order valence-corrected chi connectivity index (χ1v) is 5.28. The van der Waals surface area contributed by atoms with Gasteiger partial charge in [0, 0.05) is 23.5 Å². The topological polar surface area (TPSA) is 52.1 Å². The van der Waals surface area contributed by atoms with E-state index in [0.29, 0.717) is 16.7 Å². The molecular weight excluding hydrogens is 235 g/mol. The van der Waals surface area contributed by atoms with Crippen molar-refractivity contribution in [3.63, 3.8) is 0 Å². The highest BCUT2D eigenvalue weighted by Crippen LogP contribution is 2.24. The van der Waals surface area contributed by atoms with Crippen LogP contribution in [-0.4, -0.2) is 22.9 Å². The highest BCUT2D eigenvalue weighted by molar-refractivity contribution is 6.00. The maximum Gasteiger partial charge on any atom is 0.316 e. The molecule has 0 aliphatic heterocycles. The first kappa shape index (κ1) is 12.2. The largest absolute Gasteiger partial charge is 0.467 e. The molecule has 4 nitrogen and oxygen atoms in total. The van der Waals surface area contributed by atoms with Crippen molar-refractivity contribution in [2.24, 2.45) is 0 Å². The molecule has 0 bridgehead atoms. The minimum Gasteiger partial charge on any atom is -0.467 e. The van der Waals surface area contributed by atoms with Crippen LogP contribution in [0.15, 0.2) is 30.6 Å². The van der Waals surface area contributed by atoms with Gasteiger partial charge in [0.1, 0.15) is 5.82 Å². The van der Waals surface area contributed by atoms with Crippen molar-refractivity contribution >= 4 is 5.78 Å². The first-order chi connectivity index (χ1) is 8.61. The summed E-state index contributed by atoms with van der Waals surface area (Å²) in [4.78, 5) is 19.4. The Kier molecular flexibility index (Phi) is 3.32. The second-order valence-corrected chi connectivity index (χ2v) is 3.70. The number of nitrogens with zero attached hydrogens (tertiary/aromatic N) is 2. The molecule has 0 atom stereocenters. The molecule has 0 fully saturated rings. The molecule has 0 aliphatic rings. The molecule has 18 heavy (non-hydrogen) atoms. The molecule has 2 rings (SSSR count). The third-order valence-corrected chi connectivity index (χ3v) is 2.48. The van der Waals surface area contributed by atoms with Crippen molar-refractivity contribution in [1.29, 1.82) is 0 Å². The Morgan fingerprint density at radius 2 is 1.94 bits per heavy atom. The summed E-state index contributed by atoms with van der Waals surface area (Å²) in [5.41, 5.74) is 1.48. The summed E-state index contributed by atoms with van der Waals surface area (Å²) >= 11 is 0. The number of hydrogen-bond donors (Lipinski definition) is 0. The fourth-order valence-corrected chi connectivity index (χ4v) is 1.62. The van der Waals surface area contributed by atoms with Crippen molar-refractivity contribution in [3.05, 3.63) is 42.0 Å². The molecular formula is C13H11FN2O2. The Hall–Kier alpha value is -2.30. The van der Waals surface area contributed by atoms with Gasteiger partial charge in [-0.05, 0) is 30.7 Å². The lowest BCUT2D eigenvalue weighted by Crippen LogP contribution is -1.98. The van der Waals surface area contributed by atoms with Crippen LogP contribution in [0.2, 0.25) is 0 Å². The van der Waals surface area contributed by atoms with Gasteiger partial charge in [0.2, 0.25) is 0 Å². The van der Waals surface area contributed by atoms with Crippen LogP contribution in [0.3, 0.4) is 0 Å². The lowest BCUT2D eigenvalue weighted by molar-refractivity contribution is 0.101. The number of halogens is 1. The van der Waals surface area contributed by atoms with E-state index in [4.69, 9.17) is 4.74 Å². The minimum absolute atomic E-state index is 0.138. The molecule has 0 saturated carbocycles. The molecule has 0 saturated heterocycles. The van der Waals surface area contributed by atoms with E-state index in [1.165, 1.54) is 44.6 Å². The number of ether oxygens (including phenoxy) is 1. The van der Waals surface area contributed by atoms with E-state index in [1.54, 1.807) is 0 Å². The second kappa shape index (κ2) is 4.91. The van der Waals surface area contributed by atoms with E-state index in [-0.39, 0.29) is 11.8 Å². The van der Waals surface area contributed by atoms with E-state index < -0.39 is 5.82 Å². The van der Waals surface area contributed by atoms with Crippen LogP contribution in [0.4, 0.5) is 4.39 Å². The third kappa shape index (κ3) is 2.34. The van der Waals surface area contributed by atoms with E-state index in [9.17, 15) is 9.18 Å². The van der Waals surface area contributed by atoms with Crippen molar-refractivity contribution in [1.82, 2.24) is 9.97 Å². The summed E-state index contributed by atoms with van der Waals surface area (Å²) in [5, 5.41) is 0. The van der Waals surface area contributed by atoms with E-state index in [0.717, 1.165) is 0 Å². The SMILES string of the molecule is COc1ncc(-c2cc(F)ccc2C(C)=O)cn1. The molecule has 1 aromatic carbocycles. The van der Waals surface area contributed by atoms with Crippen molar-refractivity contribution in [3.8, 4) is 17.1 Å². The summed E-state index contributed by atoms with van der Waals surface area (Å²) < 4.78 is 18.1. The van der Waals surface area contributed by atoms with Crippen LogP contribution in [0.25, 0.3) is 11.1 Å². The molecule has 5 heteroatoms. The second-order valence-electron chi connectivity index (χ2n) is 3.70. The summed E-state index contributed by atoms with van der Waals surface area (Å²) in [6.07, 6.45) is 2.99. The van der Waals surface area contributed by atoms with Crippen LogP contribution in [0.5, 0.6) is 6.01 Å². The van der Waals surface area contributed by atoms with Gasteiger partial charge in [-0.3, -0.25) is 4.79 Å². The highest BCUT2D eigenvalue weighted by atomic mass is 19.1. The van der Waals surface area contributed by atoms with Gasteiger partial charge >= 0.3 is 6.01 Å². The normalized spacial score (nSPS) is 10.2. The Morgan fingerprint density at radius 1 is 1.28 bits per heavy atom. The number of ketones is 1. The van der Waals surface area contributed by atoms with Crippen molar-refractivity contribution in [2.75, 3.05) is 7.11 Å². The molecule has 1 aromatic heterocycles. The van der Waals surface area contributed by atoms with Gasteiger partial charge in [-0.25, -0.2) is 14.4 Å². The zero-order chi connectivity index (χ0) is 13.1. The van der Waals surface area contributed by atoms with Crippen molar-refractivity contribution in [2.45, 2.75) is 6.92 Å². The molecule has 0 amide bonds. The van der Waals surface area contributed by atoms with Crippen molar-refractivity contribution < 1.29 is 13.9 Å². The number of aromatic nitrogens is 2. The summed E-state index contributed by atoms with van der Waals surface area (Å²) in [6, 6.07) is 4.23. The molecule has 0 spiro atoms. The Bertz CT molecular complexity index is 582. The van der Waals surface area contributed by atoms with Gasteiger partial charge in [-0.15, -0.1) is 0 Å². The lowest BCUT2D eigenvalue weighted by Gasteiger charge is -2.07. The molecule has 1 heterocycles. The first-order valence-electron chi connectivity index (χ1n) is 5.28. The fourth-order valence-electron chi connectivity index (χ4n) is 1.62. The maximum absolute atomic E-state index is 13.3. The molecule has 0 radical (unpaired) electrons. The number of carbonyl (C=O) groups excluding carboxylic acids is 1. The number of hydrogen-bond acceptors (Lipinski definition) is 4. The fraction of sp³-hybridized carbons (Fsp3) is 0.154. The minimum atomic E-state index is -0.411. The molecule has 92 valence electrons. The Morgan fingerprint density at radius 3 is 2.50 bits per heavy atom. The molecule has 0 N–H and O–H groups in total. The van der Waals surface area contributed by atoms with Crippen LogP contribution in [-0.2, 0) is 0 Å². The quantitative estimate of drug-likeness (QED) is 0.781. The number of Topliss-reactive ketones (excluding diaryl/α,β-unsaturated/α-hetero) is 1. The highest BCUT2D eigenvalue weighted by Gasteiger charge is 2.11. The smallest absolute Gasteiger partial charge is 0.316 e. The van der Waals surface area contributed by atoms with Gasteiger partial charge in [-0.1, -0.05) is 0 Å². The summed E-state index contributed by atoms with van der Waals surface area (Å²) in [6.45, 7) is 1.43. The molecule has 0 aliphatic carbocycles. The van der Waals surface area contributed by atoms with Crippen LogP contribution in [0, 0.1) is 5.82 Å². The molecule has 0 unspecified atom stereocenters. The van der Waals surface area contributed by atoms with Crippen LogP contribution in [0.1, 0.15) is 17.3 Å².